The fourth-order valence-corrected chi connectivity index (χ4v) is 2.36. The van der Waals surface area contributed by atoms with E-state index in [0.29, 0.717) is 12.1 Å². The Labute approximate surface area is 119 Å². The summed E-state index contributed by atoms with van der Waals surface area (Å²) < 4.78 is 6.60. The third-order valence-electron chi connectivity index (χ3n) is 3.44. The Morgan fingerprint density at radius 1 is 1.38 bits per heavy atom. The van der Waals surface area contributed by atoms with Crippen LogP contribution < -0.4 is 0 Å². The molecule has 0 saturated carbocycles. The van der Waals surface area contributed by atoms with Gasteiger partial charge in [0.15, 0.2) is 6.04 Å². The van der Waals surface area contributed by atoms with Crippen molar-refractivity contribution < 1.29 is 19.4 Å². The second-order valence-corrected chi connectivity index (χ2v) is 4.75. The van der Waals surface area contributed by atoms with Crippen molar-refractivity contribution in [3.05, 3.63) is 24.3 Å². The van der Waals surface area contributed by atoms with E-state index in [1.165, 1.54) is 9.58 Å². The Morgan fingerprint density at radius 2 is 2.19 bits per heavy atom. The normalized spacial score (nSPS) is 18.9. The number of nitrogens with zero attached hydrogens (tertiary/aromatic N) is 4. The van der Waals surface area contributed by atoms with Crippen molar-refractivity contribution in [2.24, 2.45) is 0 Å². The Hall–Kier alpha value is -2.48. The summed E-state index contributed by atoms with van der Waals surface area (Å²) in [7, 11) is 0. The number of hydrogen-bond donors (Lipinski definition) is 1. The number of hydrogen-bond acceptors (Lipinski definition) is 5. The average Bonchev–Trinajstić information content (AvgIpc) is 2.90. The minimum atomic E-state index is -1.06. The summed E-state index contributed by atoms with van der Waals surface area (Å²) >= 11 is 0. The van der Waals surface area contributed by atoms with E-state index >= 15 is 0 Å². The Balaban J connectivity index is 1.80. The highest BCUT2D eigenvalue weighted by molar-refractivity contribution is 5.85. The summed E-state index contributed by atoms with van der Waals surface area (Å²) in [6.07, 6.45) is 0. The number of carbonyl (C=O) groups excluding carboxylic acids is 1. The van der Waals surface area contributed by atoms with Crippen molar-refractivity contribution in [3.63, 3.8) is 0 Å². The lowest BCUT2D eigenvalue weighted by atomic mass is 10.2. The number of benzene rings is 1. The number of para-hydroxylation sites is 1. The number of aliphatic carboxylic acids is 1. The molecule has 1 fully saturated rings. The summed E-state index contributed by atoms with van der Waals surface area (Å²) in [4.78, 5) is 24.8. The third-order valence-corrected chi connectivity index (χ3v) is 3.44. The summed E-state index contributed by atoms with van der Waals surface area (Å²) in [6.45, 7) is 0.583. The Bertz CT molecular complexity index is 684. The fraction of sp³-hybridized carbons (Fsp3) is 0.385. The molecule has 8 nitrogen and oxygen atoms in total. The molecule has 1 aliphatic rings. The van der Waals surface area contributed by atoms with Gasteiger partial charge in [0.25, 0.3) is 0 Å². The molecule has 1 atom stereocenters. The topological polar surface area (TPSA) is 97.6 Å². The van der Waals surface area contributed by atoms with Gasteiger partial charge in [-0.05, 0) is 12.1 Å². The maximum atomic E-state index is 12.3. The molecule has 0 aliphatic carbocycles. The highest BCUT2D eigenvalue weighted by atomic mass is 16.5. The lowest BCUT2D eigenvalue weighted by Gasteiger charge is -2.32. The van der Waals surface area contributed by atoms with Gasteiger partial charge in [0.05, 0.1) is 18.7 Å². The quantitative estimate of drug-likeness (QED) is 0.836. The van der Waals surface area contributed by atoms with Crippen molar-refractivity contribution in [2.75, 3.05) is 19.8 Å². The minimum absolute atomic E-state index is 0.0131. The van der Waals surface area contributed by atoms with Gasteiger partial charge < -0.3 is 14.7 Å². The molecule has 1 unspecified atom stereocenters. The molecule has 0 spiro atoms. The van der Waals surface area contributed by atoms with Crippen molar-refractivity contribution in [1.29, 1.82) is 0 Å². The van der Waals surface area contributed by atoms with E-state index in [1.807, 2.05) is 18.2 Å². The number of carboxylic acids is 1. The SMILES string of the molecule is O=C(O)C1COCCN1C(=O)Cn1nnc2ccccc21. The van der Waals surface area contributed by atoms with Crippen LogP contribution >= 0.6 is 0 Å². The van der Waals surface area contributed by atoms with Crippen LogP contribution in [0, 0.1) is 0 Å². The van der Waals surface area contributed by atoms with Crippen molar-refractivity contribution in [2.45, 2.75) is 12.6 Å². The number of aromatic nitrogens is 3. The minimum Gasteiger partial charge on any atom is -0.480 e. The van der Waals surface area contributed by atoms with Gasteiger partial charge in [-0.1, -0.05) is 17.3 Å². The highest BCUT2D eigenvalue weighted by Crippen LogP contribution is 2.12. The van der Waals surface area contributed by atoms with E-state index < -0.39 is 12.0 Å². The first-order chi connectivity index (χ1) is 10.2. The van der Waals surface area contributed by atoms with Crippen LogP contribution in [0.25, 0.3) is 11.0 Å². The smallest absolute Gasteiger partial charge is 0.328 e. The predicted molar refractivity (Wildman–Crippen MR) is 71.5 cm³/mol. The zero-order chi connectivity index (χ0) is 14.8. The molecule has 1 aliphatic heterocycles. The van der Waals surface area contributed by atoms with Crippen LogP contribution in [-0.4, -0.2) is 62.7 Å². The van der Waals surface area contributed by atoms with Gasteiger partial charge in [0, 0.05) is 6.54 Å². The molecule has 0 radical (unpaired) electrons. The number of carbonyl (C=O) groups is 2. The molecule has 8 heteroatoms. The molecule has 0 bridgehead atoms. The summed E-state index contributed by atoms with van der Waals surface area (Å²) in [5.41, 5.74) is 1.44. The zero-order valence-corrected chi connectivity index (χ0v) is 11.2. The van der Waals surface area contributed by atoms with E-state index in [1.54, 1.807) is 6.07 Å². The van der Waals surface area contributed by atoms with Gasteiger partial charge in [0.1, 0.15) is 12.1 Å². The van der Waals surface area contributed by atoms with Gasteiger partial charge in [-0.25, -0.2) is 9.48 Å². The maximum Gasteiger partial charge on any atom is 0.328 e. The number of rotatable bonds is 3. The van der Waals surface area contributed by atoms with E-state index in [0.717, 1.165) is 5.52 Å². The van der Waals surface area contributed by atoms with Crippen molar-refractivity contribution in [1.82, 2.24) is 19.9 Å². The second-order valence-electron chi connectivity index (χ2n) is 4.75. The summed E-state index contributed by atoms with van der Waals surface area (Å²) in [5, 5.41) is 17.1. The van der Waals surface area contributed by atoms with Gasteiger partial charge in [-0.3, -0.25) is 4.79 Å². The van der Waals surface area contributed by atoms with Crippen LogP contribution in [0.3, 0.4) is 0 Å². The van der Waals surface area contributed by atoms with E-state index in [2.05, 4.69) is 10.3 Å². The molecule has 2 aromatic rings. The second kappa shape index (κ2) is 5.49. The highest BCUT2D eigenvalue weighted by Gasteiger charge is 2.32. The van der Waals surface area contributed by atoms with Crippen LogP contribution in [0.1, 0.15) is 0 Å². The molecule has 1 aromatic carbocycles. The summed E-state index contributed by atoms with van der Waals surface area (Å²) in [5.74, 6) is -1.37. The van der Waals surface area contributed by atoms with Crippen molar-refractivity contribution in [3.8, 4) is 0 Å². The molecular formula is C13H14N4O4. The van der Waals surface area contributed by atoms with Gasteiger partial charge in [0.2, 0.25) is 5.91 Å². The largest absolute Gasteiger partial charge is 0.480 e. The van der Waals surface area contributed by atoms with E-state index in [-0.39, 0.29) is 25.6 Å². The van der Waals surface area contributed by atoms with Gasteiger partial charge in [-0.2, -0.15) is 0 Å². The van der Waals surface area contributed by atoms with Crippen LogP contribution in [-0.2, 0) is 20.9 Å². The number of fused-ring (bicyclic) bond motifs is 1. The predicted octanol–water partition coefficient (Wildman–Crippen LogP) is -0.257. The van der Waals surface area contributed by atoms with Gasteiger partial charge >= 0.3 is 5.97 Å². The first-order valence-electron chi connectivity index (χ1n) is 6.55. The van der Waals surface area contributed by atoms with Gasteiger partial charge in [-0.15, -0.1) is 5.10 Å². The fourth-order valence-electron chi connectivity index (χ4n) is 2.36. The first-order valence-corrected chi connectivity index (χ1v) is 6.55. The standard InChI is InChI=1S/C13H14N4O4/c18-12(16-5-6-21-8-11(16)13(19)20)7-17-10-4-2-1-3-9(10)14-15-17/h1-4,11H,5-8H2,(H,19,20). The summed E-state index contributed by atoms with van der Waals surface area (Å²) in [6, 6.07) is 6.35. The molecule has 1 saturated heterocycles. The lowest BCUT2D eigenvalue weighted by Crippen LogP contribution is -2.53. The molecule has 2 heterocycles. The third kappa shape index (κ3) is 2.57. The average molecular weight is 290 g/mol. The number of morpholine rings is 1. The maximum absolute atomic E-state index is 12.3. The first kappa shape index (κ1) is 13.5. The van der Waals surface area contributed by atoms with Crippen molar-refractivity contribution >= 4 is 22.9 Å². The molecule has 1 aromatic heterocycles. The lowest BCUT2D eigenvalue weighted by molar-refractivity contribution is -0.158. The molecular weight excluding hydrogens is 276 g/mol. The number of ether oxygens (including phenoxy) is 1. The molecule has 21 heavy (non-hydrogen) atoms. The van der Waals surface area contributed by atoms with E-state index in [4.69, 9.17) is 9.84 Å². The number of carboxylic acid groups (broad SMARTS) is 1. The Kier molecular flexibility index (Phi) is 3.53. The molecule has 1 amide bonds. The molecule has 1 N–H and O–H groups in total. The number of amides is 1. The van der Waals surface area contributed by atoms with Crippen LogP contribution in [0.2, 0.25) is 0 Å². The van der Waals surface area contributed by atoms with E-state index in [9.17, 15) is 9.59 Å². The van der Waals surface area contributed by atoms with Crippen LogP contribution in [0.5, 0.6) is 0 Å². The monoisotopic (exact) mass is 290 g/mol. The molecule has 3 rings (SSSR count). The van der Waals surface area contributed by atoms with Crippen LogP contribution in [0.15, 0.2) is 24.3 Å². The Morgan fingerprint density at radius 3 is 3.00 bits per heavy atom. The zero-order valence-electron chi connectivity index (χ0n) is 11.2. The molecule has 110 valence electrons. The van der Waals surface area contributed by atoms with Crippen LogP contribution in [0.4, 0.5) is 0 Å².